The van der Waals surface area contributed by atoms with Crippen molar-refractivity contribution in [3.05, 3.63) is 0 Å². The van der Waals surface area contributed by atoms with Gasteiger partial charge < -0.3 is 10.2 Å². The second kappa shape index (κ2) is 5.51. The van der Waals surface area contributed by atoms with E-state index in [-0.39, 0.29) is 23.9 Å². The van der Waals surface area contributed by atoms with Crippen LogP contribution in [-0.4, -0.2) is 34.3 Å². The molecule has 0 aromatic rings. The average molecular weight is 266 g/mol. The van der Waals surface area contributed by atoms with E-state index in [0.29, 0.717) is 6.42 Å². The molecule has 1 saturated heterocycles. The molecule has 1 heterocycles. The number of nitrogens with one attached hydrogen (secondary N) is 1. The number of hydrogen-bond donors (Lipinski definition) is 1. The van der Waals surface area contributed by atoms with E-state index in [1.165, 1.54) is 25.7 Å². The number of hydrogen-bond acceptors (Lipinski definition) is 2. The fourth-order valence-electron chi connectivity index (χ4n) is 3.40. The van der Waals surface area contributed by atoms with Crippen molar-refractivity contribution in [2.45, 2.75) is 83.3 Å². The van der Waals surface area contributed by atoms with Crippen molar-refractivity contribution in [2.75, 3.05) is 0 Å². The Hall–Kier alpha value is -1.06. The molecule has 2 aliphatic rings. The first kappa shape index (κ1) is 14.4. The van der Waals surface area contributed by atoms with Crippen molar-refractivity contribution < 1.29 is 9.59 Å². The predicted octanol–water partition coefficient (Wildman–Crippen LogP) is 2.22. The topological polar surface area (TPSA) is 49.4 Å². The molecule has 0 spiro atoms. The van der Waals surface area contributed by atoms with E-state index < -0.39 is 5.54 Å². The molecule has 0 bridgehead atoms. The Morgan fingerprint density at radius 1 is 1.21 bits per heavy atom. The molecular weight excluding hydrogens is 240 g/mol. The summed E-state index contributed by atoms with van der Waals surface area (Å²) < 4.78 is 0. The first-order chi connectivity index (χ1) is 9.00. The van der Waals surface area contributed by atoms with Gasteiger partial charge in [0.05, 0.1) is 0 Å². The summed E-state index contributed by atoms with van der Waals surface area (Å²) in [5, 5.41) is 2.83. The lowest BCUT2D eigenvalue weighted by Gasteiger charge is -2.49. The molecule has 0 aromatic carbocycles. The molecule has 2 amide bonds. The summed E-state index contributed by atoms with van der Waals surface area (Å²) in [7, 11) is 0. The number of carbonyl (C=O) groups excluding carboxylic acids is 2. The molecule has 1 N–H and O–H groups in total. The van der Waals surface area contributed by atoms with Crippen LogP contribution in [-0.2, 0) is 9.59 Å². The first-order valence-electron chi connectivity index (χ1n) is 7.65. The number of piperazine rings is 1. The van der Waals surface area contributed by atoms with E-state index >= 15 is 0 Å². The summed E-state index contributed by atoms with van der Waals surface area (Å²) in [5.74, 6) is 0.0993. The van der Waals surface area contributed by atoms with Crippen LogP contribution in [0.25, 0.3) is 0 Å². The van der Waals surface area contributed by atoms with Crippen LogP contribution >= 0.6 is 0 Å². The van der Waals surface area contributed by atoms with Gasteiger partial charge in [0.2, 0.25) is 11.8 Å². The minimum atomic E-state index is -0.668. The van der Waals surface area contributed by atoms with Gasteiger partial charge in [-0.1, -0.05) is 32.6 Å². The fraction of sp³-hybridized carbons (Fsp3) is 0.867. The van der Waals surface area contributed by atoms with Crippen LogP contribution in [0.4, 0.5) is 0 Å². The second-order valence-corrected chi connectivity index (χ2v) is 6.18. The van der Waals surface area contributed by atoms with Crippen LogP contribution < -0.4 is 5.32 Å². The minimum Gasteiger partial charge on any atom is -0.343 e. The van der Waals surface area contributed by atoms with Gasteiger partial charge in [-0.15, -0.1) is 0 Å². The molecule has 108 valence electrons. The molecule has 2 rings (SSSR count). The third-order valence-electron chi connectivity index (χ3n) is 4.85. The smallest absolute Gasteiger partial charge is 0.246 e. The Balaban J connectivity index is 2.30. The SMILES string of the molecule is CCC1(C)C(=O)NC(C)C(=O)N1C1CCCCCC1. The molecule has 2 fully saturated rings. The van der Waals surface area contributed by atoms with Gasteiger partial charge in [-0.25, -0.2) is 0 Å². The maximum atomic E-state index is 12.6. The molecule has 1 aliphatic carbocycles. The summed E-state index contributed by atoms with van der Waals surface area (Å²) in [6, 6.07) is -0.135. The van der Waals surface area contributed by atoms with Gasteiger partial charge in [0.25, 0.3) is 0 Å². The van der Waals surface area contributed by atoms with Crippen molar-refractivity contribution >= 4 is 11.8 Å². The molecular formula is C15H26N2O2. The maximum Gasteiger partial charge on any atom is 0.246 e. The van der Waals surface area contributed by atoms with Crippen molar-refractivity contribution in [2.24, 2.45) is 0 Å². The van der Waals surface area contributed by atoms with Crippen molar-refractivity contribution in [3.8, 4) is 0 Å². The minimum absolute atomic E-state index is 0.00588. The molecule has 19 heavy (non-hydrogen) atoms. The molecule has 4 nitrogen and oxygen atoms in total. The van der Waals surface area contributed by atoms with E-state index in [9.17, 15) is 9.59 Å². The van der Waals surface area contributed by atoms with E-state index in [4.69, 9.17) is 0 Å². The summed E-state index contributed by atoms with van der Waals surface area (Å²) in [6.07, 6.45) is 7.61. The number of rotatable bonds is 2. The Labute approximate surface area is 115 Å². The van der Waals surface area contributed by atoms with Crippen LogP contribution in [0.3, 0.4) is 0 Å². The predicted molar refractivity (Wildman–Crippen MR) is 74.6 cm³/mol. The quantitative estimate of drug-likeness (QED) is 0.779. The highest BCUT2D eigenvalue weighted by Gasteiger charge is 2.49. The molecule has 0 radical (unpaired) electrons. The van der Waals surface area contributed by atoms with Crippen molar-refractivity contribution in [1.29, 1.82) is 0 Å². The standard InChI is InChI=1S/C15H26N2O2/c1-4-15(3)14(19)16-11(2)13(18)17(15)12-9-7-5-6-8-10-12/h11-12H,4-10H2,1-3H3,(H,16,19). The van der Waals surface area contributed by atoms with Gasteiger partial charge in [-0.05, 0) is 33.1 Å². The second-order valence-electron chi connectivity index (χ2n) is 6.18. The van der Waals surface area contributed by atoms with Crippen molar-refractivity contribution in [3.63, 3.8) is 0 Å². The Morgan fingerprint density at radius 2 is 1.79 bits per heavy atom. The van der Waals surface area contributed by atoms with Gasteiger partial charge in [0.15, 0.2) is 0 Å². The van der Waals surface area contributed by atoms with Gasteiger partial charge in [-0.3, -0.25) is 9.59 Å². The Kier molecular flexibility index (Phi) is 4.16. The van der Waals surface area contributed by atoms with E-state index in [2.05, 4.69) is 5.32 Å². The van der Waals surface area contributed by atoms with Crippen LogP contribution in [0.1, 0.15) is 65.7 Å². The lowest BCUT2D eigenvalue weighted by Crippen LogP contribution is -2.70. The highest BCUT2D eigenvalue weighted by Crippen LogP contribution is 2.32. The Morgan fingerprint density at radius 3 is 2.32 bits per heavy atom. The summed E-state index contributed by atoms with van der Waals surface area (Å²) in [5.41, 5.74) is -0.668. The van der Waals surface area contributed by atoms with E-state index in [0.717, 1.165) is 12.8 Å². The fourth-order valence-corrected chi connectivity index (χ4v) is 3.40. The molecule has 1 aliphatic heterocycles. The zero-order chi connectivity index (χ0) is 14.0. The van der Waals surface area contributed by atoms with E-state index in [1.54, 1.807) is 6.92 Å². The monoisotopic (exact) mass is 266 g/mol. The molecule has 0 aromatic heterocycles. The van der Waals surface area contributed by atoms with Crippen molar-refractivity contribution in [1.82, 2.24) is 10.2 Å². The van der Waals surface area contributed by atoms with Gasteiger partial charge >= 0.3 is 0 Å². The number of nitrogens with zero attached hydrogens (tertiary/aromatic N) is 1. The number of amides is 2. The normalized spacial score (nSPS) is 34.1. The van der Waals surface area contributed by atoms with E-state index in [1.807, 2.05) is 18.7 Å². The zero-order valence-corrected chi connectivity index (χ0v) is 12.4. The average Bonchev–Trinajstić information content (AvgIpc) is 2.66. The summed E-state index contributed by atoms with van der Waals surface area (Å²) in [4.78, 5) is 26.8. The molecule has 2 atom stereocenters. The molecule has 4 heteroatoms. The zero-order valence-electron chi connectivity index (χ0n) is 12.4. The first-order valence-corrected chi connectivity index (χ1v) is 7.65. The Bertz CT molecular complexity index is 361. The largest absolute Gasteiger partial charge is 0.343 e. The number of carbonyl (C=O) groups is 2. The lowest BCUT2D eigenvalue weighted by atomic mass is 9.87. The maximum absolute atomic E-state index is 12.6. The lowest BCUT2D eigenvalue weighted by molar-refractivity contribution is -0.160. The van der Waals surface area contributed by atoms with Crippen LogP contribution in [0.15, 0.2) is 0 Å². The van der Waals surface area contributed by atoms with Crippen LogP contribution in [0.5, 0.6) is 0 Å². The van der Waals surface area contributed by atoms with Crippen LogP contribution in [0.2, 0.25) is 0 Å². The highest BCUT2D eigenvalue weighted by molar-refractivity contribution is 5.99. The van der Waals surface area contributed by atoms with Gasteiger partial charge in [0, 0.05) is 6.04 Å². The molecule has 1 saturated carbocycles. The third kappa shape index (κ3) is 2.49. The summed E-state index contributed by atoms with van der Waals surface area (Å²) >= 11 is 0. The van der Waals surface area contributed by atoms with Crippen LogP contribution in [0, 0.1) is 0 Å². The molecule has 2 unspecified atom stereocenters. The highest BCUT2D eigenvalue weighted by atomic mass is 16.2. The third-order valence-corrected chi connectivity index (χ3v) is 4.85. The van der Waals surface area contributed by atoms with Gasteiger partial charge in [0.1, 0.15) is 11.6 Å². The van der Waals surface area contributed by atoms with Gasteiger partial charge in [-0.2, -0.15) is 0 Å². The summed E-state index contributed by atoms with van der Waals surface area (Å²) in [6.45, 7) is 5.70.